The summed E-state index contributed by atoms with van der Waals surface area (Å²) in [6, 6.07) is 0. The van der Waals surface area contributed by atoms with Crippen LogP contribution in [-0.4, -0.2) is 27.8 Å². The molecule has 0 saturated carbocycles. The molecule has 0 unspecified atom stereocenters. The molecule has 0 radical (unpaired) electrons. The van der Waals surface area contributed by atoms with Crippen LogP contribution >= 0.6 is 24.0 Å². The van der Waals surface area contributed by atoms with Gasteiger partial charge in [-0.25, -0.2) is 0 Å². The third-order valence-electron chi connectivity index (χ3n) is 2.19. The molecule has 1 N–H and O–H groups in total. The second-order valence-electron chi connectivity index (χ2n) is 3.53. The first-order valence-electron chi connectivity index (χ1n) is 5.45. The van der Waals surface area contributed by atoms with E-state index in [2.05, 4.69) is 22.2 Å². The molecule has 0 fully saturated rings. The SMILES string of the molecule is CCNC(=S)C/C(C)=C(\SC)c1cnccn1. The second kappa shape index (κ2) is 7.40. The lowest BCUT2D eigenvalue weighted by molar-refractivity contribution is 0.960. The summed E-state index contributed by atoms with van der Waals surface area (Å²) in [7, 11) is 0. The Kier molecular flexibility index (Phi) is 6.15. The van der Waals surface area contributed by atoms with Crippen LogP contribution in [0.1, 0.15) is 26.0 Å². The Labute approximate surface area is 112 Å². The molecule has 0 aliphatic rings. The van der Waals surface area contributed by atoms with Gasteiger partial charge < -0.3 is 5.32 Å². The van der Waals surface area contributed by atoms with Gasteiger partial charge in [0.1, 0.15) is 0 Å². The minimum atomic E-state index is 0.774. The minimum Gasteiger partial charge on any atom is -0.380 e. The predicted octanol–water partition coefficient (Wildman–Crippen LogP) is 2.90. The van der Waals surface area contributed by atoms with E-state index in [1.165, 1.54) is 5.57 Å². The van der Waals surface area contributed by atoms with Crippen LogP contribution in [0.5, 0.6) is 0 Å². The molecule has 0 atom stereocenters. The van der Waals surface area contributed by atoms with Crippen LogP contribution in [0.25, 0.3) is 4.91 Å². The van der Waals surface area contributed by atoms with Crippen molar-refractivity contribution in [2.75, 3.05) is 12.8 Å². The van der Waals surface area contributed by atoms with E-state index in [0.29, 0.717) is 0 Å². The lowest BCUT2D eigenvalue weighted by Gasteiger charge is -2.10. The molecule has 0 spiro atoms. The molecule has 17 heavy (non-hydrogen) atoms. The largest absolute Gasteiger partial charge is 0.380 e. The van der Waals surface area contributed by atoms with Crippen LogP contribution in [0.15, 0.2) is 24.2 Å². The predicted molar refractivity (Wildman–Crippen MR) is 79.0 cm³/mol. The Hall–Kier alpha value is -0.940. The van der Waals surface area contributed by atoms with Crippen molar-refractivity contribution in [1.82, 2.24) is 15.3 Å². The molecule has 5 heteroatoms. The summed E-state index contributed by atoms with van der Waals surface area (Å²) in [6.45, 7) is 5.00. The lowest BCUT2D eigenvalue weighted by Crippen LogP contribution is -2.20. The highest BCUT2D eigenvalue weighted by molar-refractivity contribution is 8.07. The normalized spacial score (nSPS) is 11.9. The van der Waals surface area contributed by atoms with E-state index in [1.54, 1.807) is 30.4 Å². The van der Waals surface area contributed by atoms with Gasteiger partial charge in [-0.2, -0.15) is 0 Å². The first-order valence-corrected chi connectivity index (χ1v) is 7.09. The fraction of sp³-hybridized carbons (Fsp3) is 0.417. The molecule has 1 aromatic rings. The number of thiocarbonyl (C=S) groups is 1. The van der Waals surface area contributed by atoms with E-state index < -0.39 is 0 Å². The molecule has 1 rings (SSSR count). The Morgan fingerprint density at radius 3 is 2.76 bits per heavy atom. The molecule has 3 nitrogen and oxygen atoms in total. The molecule has 0 aliphatic heterocycles. The maximum absolute atomic E-state index is 5.26. The van der Waals surface area contributed by atoms with E-state index in [9.17, 15) is 0 Å². The molecular formula is C12H17N3S2. The molecule has 1 aromatic heterocycles. The summed E-state index contributed by atoms with van der Waals surface area (Å²) in [6.07, 6.45) is 7.99. The fourth-order valence-electron chi connectivity index (χ4n) is 1.49. The van der Waals surface area contributed by atoms with Crippen LogP contribution in [0, 0.1) is 0 Å². The Morgan fingerprint density at radius 2 is 2.24 bits per heavy atom. The number of hydrogen-bond acceptors (Lipinski definition) is 4. The minimum absolute atomic E-state index is 0.774. The monoisotopic (exact) mass is 267 g/mol. The van der Waals surface area contributed by atoms with E-state index >= 15 is 0 Å². The van der Waals surface area contributed by atoms with E-state index in [4.69, 9.17) is 12.2 Å². The molecular weight excluding hydrogens is 250 g/mol. The number of nitrogens with zero attached hydrogens (tertiary/aromatic N) is 2. The number of nitrogens with one attached hydrogen (secondary N) is 1. The van der Waals surface area contributed by atoms with Crippen molar-refractivity contribution in [2.45, 2.75) is 20.3 Å². The van der Waals surface area contributed by atoms with Gasteiger partial charge in [-0.1, -0.05) is 17.8 Å². The summed E-state index contributed by atoms with van der Waals surface area (Å²) in [5.41, 5.74) is 2.14. The van der Waals surface area contributed by atoms with E-state index in [1.807, 2.05) is 13.2 Å². The van der Waals surface area contributed by atoms with Crippen molar-refractivity contribution in [3.05, 3.63) is 29.9 Å². The van der Waals surface area contributed by atoms with Crippen LogP contribution < -0.4 is 5.32 Å². The van der Waals surface area contributed by atoms with Crippen LogP contribution in [0.2, 0.25) is 0 Å². The summed E-state index contributed by atoms with van der Waals surface area (Å²) >= 11 is 6.94. The zero-order chi connectivity index (χ0) is 12.7. The van der Waals surface area contributed by atoms with Gasteiger partial charge in [-0.15, -0.1) is 11.8 Å². The summed E-state index contributed by atoms with van der Waals surface area (Å²) in [5.74, 6) is 0. The van der Waals surface area contributed by atoms with Crippen LogP contribution in [-0.2, 0) is 0 Å². The van der Waals surface area contributed by atoms with Gasteiger partial charge in [0, 0.05) is 30.3 Å². The third kappa shape index (κ3) is 4.44. The average molecular weight is 267 g/mol. The summed E-state index contributed by atoms with van der Waals surface area (Å²) in [5, 5.41) is 3.16. The molecule has 0 bridgehead atoms. The van der Waals surface area contributed by atoms with Gasteiger partial charge >= 0.3 is 0 Å². The first-order chi connectivity index (χ1) is 8.19. The molecule has 0 aliphatic carbocycles. The topological polar surface area (TPSA) is 37.8 Å². The van der Waals surface area contributed by atoms with Gasteiger partial charge in [-0.05, 0) is 20.1 Å². The molecule has 1 heterocycles. The lowest BCUT2D eigenvalue weighted by atomic mass is 10.2. The molecule has 0 amide bonds. The zero-order valence-electron chi connectivity index (χ0n) is 10.4. The second-order valence-corrected chi connectivity index (χ2v) is 4.84. The Bertz CT molecular complexity index is 401. The summed E-state index contributed by atoms with van der Waals surface area (Å²) in [4.78, 5) is 10.4. The maximum atomic E-state index is 5.26. The van der Waals surface area contributed by atoms with Crippen molar-refractivity contribution in [1.29, 1.82) is 0 Å². The first kappa shape index (κ1) is 14.1. The standard InChI is InChI=1S/C12H17N3S2/c1-4-14-11(16)7-9(2)12(17-3)10-8-13-5-6-15-10/h5-6,8H,4,7H2,1-3H3,(H,14,16)/b12-9-. The number of rotatable bonds is 5. The van der Waals surface area contributed by atoms with Crippen LogP contribution in [0.3, 0.4) is 0 Å². The fourth-order valence-corrected chi connectivity index (χ4v) is 2.59. The highest BCUT2D eigenvalue weighted by Crippen LogP contribution is 2.28. The third-order valence-corrected chi connectivity index (χ3v) is 3.44. The van der Waals surface area contributed by atoms with Gasteiger partial charge in [0.25, 0.3) is 0 Å². The van der Waals surface area contributed by atoms with E-state index in [0.717, 1.165) is 28.6 Å². The maximum Gasteiger partial charge on any atom is 0.0947 e. The van der Waals surface area contributed by atoms with Gasteiger partial charge in [0.2, 0.25) is 0 Å². The Balaban J connectivity index is 2.88. The van der Waals surface area contributed by atoms with Crippen molar-refractivity contribution in [2.24, 2.45) is 0 Å². The van der Waals surface area contributed by atoms with E-state index in [-0.39, 0.29) is 0 Å². The molecule has 0 aromatic carbocycles. The average Bonchev–Trinajstić information content (AvgIpc) is 2.31. The smallest absolute Gasteiger partial charge is 0.0947 e. The number of hydrogen-bond donors (Lipinski definition) is 1. The van der Waals surface area contributed by atoms with Crippen molar-refractivity contribution < 1.29 is 0 Å². The number of thioether (sulfide) groups is 1. The quantitative estimate of drug-likeness (QED) is 0.830. The molecule has 0 saturated heterocycles. The zero-order valence-corrected chi connectivity index (χ0v) is 12.0. The van der Waals surface area contributed by atoms with Crippen molar-refractivity contribution in [3.8, 4) is 0 Å². The summed E-state index contributed by atoms with van der Waals surface area (Å²) < 4.78 is 0. The van der Waals surface area contributed by atoms with Gasteiger partial charge in [0.15, 0.2) is 0 Å². The number of aromatic nitrogens is 2. The van der Waals surface area contributed by atoms with Gasteiger partial charge in [-0.3, -0.25) is 9.97 Å². The van der Waals surface area contributed by atoms with Gasteiger partial charge in [0.05, 0.1) is 16.9 Å². The molecule has 92 valence electrons. The van der Waals surface area contributed by atoms with Crippen molar-refractivity contribution in [3.63, 3.8) is 0 Å². The highest BCUT2D eigenvalue weighted by atomic mass is 32.2. The highest BCUT2D eigenvalue weighted by Gasteiger charge is 2.08. The van der Waals surface area contributed by atoms with Crippen LogP contribution in [0.4, 0.5) is 0 Å². The van der Waals surface area contributed by atoms with Crippen molar-refractivity contribution >= 4 is 33.9 Å². The Morgan fingerprint density at radius 1 is 1.47 bits per heavy atom.